The third kappa shape index (κ3) is 6.85. The van der Waals surface area contributed by atoms with E-state index >= 15 is 0 Å². The minimum Gasteiger partial charge on any atom is -0.416 e. The summed E-state index contributed by atoms with van der Waals surface area (Å²) in [6.07, 6.45) is 1.20. The molecule has 25 heavy (non-hydrogen) atoms. The third-order valence-electron chi connectivity index (χ3n) is 5.16. The van der Waals surface area contributed by atoms with Gasteiger partial charge in [-0.1, -0.05) is 71.9 Å². The van der Waals surface area contributed by atoms with Crippen LogP contribution in [0.15, 0.2) is 30.3 Å². The van der Waals surface area contributed by atoms with Crippen molar-refractivity contribution in [1.82, 2.24) is 0 Å². The summed E-state index contributed by atoms with van der Waals surface area (Å²) in [5, 5.41) is 10.1. The number of hydrogen-bond acceptors (Lipinski definition) is 3. The maximum Gasteiger partial charge on any atom is 0.200 e. The van der Waals surface area contributed by atoms with Gasteiger partial charge in [-0.3, -0.25) is 0 Å². The molecule has 0 aliphatic carbocycles. The van der Waals surface area contributed by atoms with Crippen molar-refractivity contribution in [3.05, 3.63) is 35.9 Å². The molecule has 1 N–H and O–H groups in total. The van der Waals surface area contributed by atoms with Gasteiger partial charge in [0.2, 0.25) is 0 Å². The molecule has 0 aromatic heterocycles. The second-order valence-corrected chi connectivity index (χ2v) is 13.4. The summed E-state index contributed by atoms with van der Waals surface area (Å²) in [5.74, 6) is 0. The van der Waals surface area contributed by atoms with Crippen molar-refractivity contribution in [2.45, 2.75) is 83.7 Å². The van der Waals surface area contributed by atoms with E-state index in [0.29, 0.717) is 29.8 Å². The van der Waals surface area contributed by atoms with Crippen molar-refractivity contribution < 1.29 is 14.3 Å². The number of rotatable bonds is 12. The van der Waals surface area contributed by atoms with E-state index in [9.17, 15) is 5.11 Å². The van der Waals surface area contributed by atoms with E-state index in [1.54, 1.807) is 0 Å². The predicted molar refractivity (Wildman–Crippen MR) is 108 cm³/mol. The van der Waals surface area contributed by atoms with Gasteiger partial charge in [-0.2, -0.15) is 0 Å². The average molecular weight is 367 g/mol. The van der Waals surface area contributed by atoms with Crippen molar-refractivity contribution in [1.29, 1.82) is 0 Å². The van der Waals surface area contributed by atoms with Gasteiger partial charge in [0.25, 0.3) is 0 Å². The molecule has 0 amide bonds. The van der Waals surface area contributed by atoms with Crippen LogP contribution in [-0.2, 0) is 15.8 Å². The first-order chi connectivity index (χ1) is 11.8. The van der Waals surface area contributed by atoms with Crippen molar-refractivity contribution in [2.75, 3.05) is 13.2 Å². The number of aliphatic hydroxyl groups excluding tert-OH is 1. The molecule has 0 saturated heterocycles. The molecule has 0 heterocycles. The number of ether oxygens (including phenoxy) is 1. The van der Waals surface area contributed by atoms with E-state index in [4.69, 9.17) is 9.16 Å². The van der Waals surface area contributed by atoms with Gasteiger partial charge in [-0.25, -0.2) is 0 Å². The molecule has 0 radical (unpaired) electrons. The zero-order valence-corrected chi connectivity index (χ0v) is 18.0. The molecule has 1 rings (SSSR count). The Morgan fingerprint density at radius 3 is 2.00 bits per heavy atom. The smallest absolute Gasteiger partial charge is 0.200 e. The van der Waals surface area contributed by atoms with Crippen LogP contribution in [0.3, 0.4) is 0 Å². The first kappa shape index (κ1) is 22.4. The van der Waals surface area contributed by atoms with Crippen LogP contribution in [0.2, 0.25) is 16.6 Å². The summed E-state index contributed by atoms with van der Waals surface area (Å²) >= 11 is 0. The van der Waals surface area contributed by atoms with Crippen LogP contribution >= 0.6 is 0 Å². The van der Waals surface area contributed by atoms with Crippen molar-refractivity contribution in [3.63, 3.8) is 0 Å². The minimum atomic E-state index is -1.78. The molecule has 4 heteroatoms. The quantitative estimate of drug-likeness (QED) is 0.390. The number of hydrogen-bond donors (Lipinski definition) is 1. The van der Waals surface area contributed by atoms with Crippen LogP contribution in [0.25, 0.3) is 0 Å². The molecule has 0 aliphatic heterocycles. The van der Waals surface area contributed by atoms with Crippen LogP contribution in [0.1, 0.15) is 59.9 Å². The maximum absolute atomic E-state index is 10.1. The van der Waals surface area contributed by atoms with Crippen molar-refractivity contribution in [2.24, 2.45) is 0 Å². The van der Waals surface area contributed by atoms with Crippen molar-refractivity contribution in [3.8, 4) is 0 Å². The normalized spacial score (nSPS) is 13.8. The number of benzene rings is 1. The zero-order valence-electron chi connectivity index (χ0n) is 17.0. The van der Waals surface area contributed by atoms with Crippen LogP contribution in [0, 0.1) is 0 Å². The highest BCUT2D eigenvalue weighted by molar-refractivity contribution is 6.77. The second-order valence-electron chi connectivity index (χ2n) is 7.96. The molecule has 0 aliphatic rings. The zero-order chi connectivity index (χ0) is 18.9. The molecule has 0 bridgehead atoms. The fourth-order valence-electron chi connectivity index (χ4n) is 4.04. The summed E-state index contributed by atoms with van der Waals surface area (Å²) < 4.78 is 12.1. The van der Waals surface area contributed by atoms with Crippen LogP contribution in [-0.4, -0.2) is 32.7 Å². The standard InChI is InChI=1S/C21H38O3Si/c1-17(2)25(18(3)4,19(5)6)24-14-10-13-21(22)16-23-15-20-11-8-7-9-12-20/h7-9,11-12,17-19,21-22H,10,13-16H2,1-6H3. The van der Waals surface area contributed by atoms with Crippen LogP contribution in [0.4, 0.5) is 0 Å². The van der Waals surface area contributed by atoms with Gasteiger partial charge in [0, 0.05) is 6.61 Å². The predicted octanol–water partition coefficient (Wildman–Crippen LogP) is 5.54. The molecule has 0 spiro atoms. The van der Waals surface area contributed by atoms with Crippen LogP contribution in [0.5, 0.6) is 0 Å². The fraction of sp³-hybridized carbons (Fsp3) is 0.714. The van der Waals surface area contributed by atoms with Gasteiger partial charge in [0.1, 0.15) is 0 Å². The van der Waals surface area contributed by atoms with E-state index in [2.05, 4.69) is 41.5 Å². The van der Waals surface area contributed by atoms with Gasteiger partial charge in [0.05, 0.1) is 19.3 Å². The Hall–Kier alpha value is -0.683. The lowest BCUT2D eigenvalue weighted by atomic mass is 10.2. The molecule has 1 unspecified atom stereocenters. The van der Waals surface area contributed by atoms with E-state index in [-0.39, 0.29) is 0 Å². The molecule has 1 aromatic carbocycles. The second kappa shape index (κ2) is 11.1. The summed E-state index contributed by atoms with van der Waals surface area (Å²) in [4.78, 5) is 0. The van der Waals surface area contributed by atoms with E-state index in [0.717, 1.165) is 25.0 Å². The Labute approximate surface area is 155 Å². The molecule has 1 atom stereocenters. The summed E-state index contributed by atoms with van der Waals surface area (Å²) in [5.41, 5.74) is 2.95. The topological polar surface area (TPSA) is 38.7 Å². The first-order valence-electron chi connectivity index (χ1n) is 9.74. The summed E-state index contributed by atoms with van der Waals surface area (Å²) in [6.45, 7) is 15.5. The van der Waals surface area contributed by atoms with Gasteiger partial charge >= 0.3 is 0 Å². The van der Waals surface area contributed by atoms with E-state index in [1.165, 1.54) is 0 Å². The summed E-state index contributed by atoms with van der Waals surface area (Å²) in [7, 11) is -1.78. The first-order valence-corrected chi connectivity index (χ1v) is 11.9. The Bertz CT molecular complexity index is 438. The highest BCUT2D eigenvalue weighted by Gasteiger charge is 2.44. The maximum atomic E-state index is 10.1. The lowest BCUT2D eigenvalue weighted by molar-refractivity contribution is 0.0217. The van der Waals surface area contributed by atoms with E-state index in [1.807, 2.05) is 30.3 Å². The molecular weight excluding hydrogens is 328 g/mol. The Balaban J connectivity index is 2.30. The van der Waals surface area contributed by atoms with E-state index < -0.39 is 14.4 Å². The number of aliphatic hydroxyl groups is 1. The molecular formula is C21H38O3Si. The third-order valence-corrected chi connectivity index (χ3v) is 11.3. The molecule has 1 aromatic rings. The lowest BCUT2D eigenvalue weighted by Gasteiger charge is -2.42. The van der Waals surface area contributed by atoms with Gasteiger partial charge in [0.15, 0.2) is 8.32 Å². The molecule has 0 fully saturated rings. The highest BCUT2D eigenvalue weighted by Crippen LogP contribution is 2.42. The van der Waals surface area contributed by atoms with Gasteiger partial charge in [-0.15, -0.1) is 0 Å². The van der Waals surface area contributed by atoms with Crippen molar-refractivity contribution >= 4 is 8.32 Å². The highest BCUT2D eigenvalue weighted by atomic mass is 28.4. The largest absolute Gasteiger partial charge is 0.416 e. The summed E-state index contributed by atoms with van der Waals surface area (Å²) in [6, 6.07) is 10.1. The molecule has 3 nitrogen and oxygen atoms in total. The lowest BCUT2D eigenvalue weighted by Crippen LogP contribution is -2.48. The van der Waals surface area contributed by atoms with Gasteiger partial charge < -0.3 is 14.3 Å². The Morgan fingerprint density at radius 1 is 0.920 bits per heavy atom. The van der Waals surface area contributed by atoms with Gasteiger partial charge in [-0.05, 0) is 35.0 Å². The Morgan fingerprint density at radius 2 is 1.48 bits per heavy atom. The fourth-order valence-corrected chi connectivity index (χ4v) is 9.54. The SMILES string of the molecule is CC(C)[Si](OCCCC(O)COCc1ccccc1)(C(C)C)C(C)C. The van der Waals surface area contributed by atoms with Crippen LogP contribution < -0.4 is 0 Å². The average Bonchev–Trinajstić information content (AvgIpc) is 2.54. The monoisotopic (exact) mass is 366 g/mol. The molecule has 144 valence electrons. The Kier molecular flexibility index (Phi) is 9.94. The minimum absolute atomic E-state index is 0.385. The molecule has 0 saturated carbocycles.